The molecule has 0 aliphatic carbocycles. The summed E-state index contributed by atoms with van der Waals surface area (Å²) in [5.41, 5.74) is 0.990. The van der Waals surface area contributed by atoms with Gasteiger partial charge in [-0.05, 0) is 36.6 Å². The van der Waals surface area contributed by atoms with Gasteiger partial charge in [0.2, 0.25) is 0 Å². The number of benzene rings is 1. The summed E-state index contributed by atoms with van der Waals surface area (Å²) in [6.07, 6.45) is -0.929. The molecule has 0 amide bonds. The highest BCUT2D eigenvalue weighted by Gasteiger charge is 2.15. The van der Waals surface area contributed by atoms with Gasteiger partial charge in [-0.2, -0.15) is 8.42 Å². The third-order valence-electron chi connectivity index (χ3n) is 2.24. The Kier molecular flexibility index (Phi) is 3.46. The van der Waals surface area contributed by atoms with E-state index in [0.29, 0.717) is 11.1 Å². The van der Waals surface area contributed by atoms with E-state index >= 15 is 0 Å². The fraction of sp³-hybridized carbons (Fsp3) is 0.400. The van der Waals surface area contributed by atoms with Crippen molar-refractivity contribution in [1.82, 2.24) is 0 Å². The van der Waals surface area contributed by atoms with E-state index < -0.39 is 16.3 Å². The number of rotatable bonds is 3. The second-order valence-electron chi connectivity index (χ2n) is 3.37. The molecule has 1 atom stereocenters. The standard InChI is InChI=1S/C10H13FO3S/c1-3-10(11)9-6-8(15(12,13)14)5-4-7(9)2/h4-6,10H,3H2,1-2H3,(H,12,13,14). The normalized spacial score (nSPS) is 13.9. The second-order valence-corrected chi connectivity index (χ2v) is 4.79. The van der Waals surface area contributed by atoms with E-state index in [9.17, 15) is 12.8 Å². The third-order valence-corrected chi connectivity index (χ3v) is 3.09. The fourth-order valence-corrected chi connectivity index (χ4v) is 1.85. The molecule has 0 saturated carbocycles. The Morgan fingerprint density at radius 3 is 2.53 bits per heavy atom. The van der Waals surface area contributed by atoms with Crippen molar-refractivity contribution in [3.63, 3.8) is 0 Å². The second kappa shape index (κ2) is 4.28. The van der Waals surface area contributed by atoms with Crippen molar-refractivity contribution < 1.29 is 17.4 Å². The van der Waals surface area contributed by atoms with E-state index in [4.69, 9.17) is 4.55 Å². The molecule has 1 aromatic carbocycles. The molecule has 1 N–H and O–H groups in total. The molecule has 0 spiro atoms. The molecular formula is C10H13FO3S. The Labute approximate surface area is 88.7 Å². The van der Waals surface area contributed by atoms with Gasteiger partial charge in [-0.15, -0.1) is 0 Å². The third kappa shape index (κ3) is 2.76. The maximum atomic E-state index is 13.4. The molecule has 1 rings (SSSR count). The van der Waals surface area contributed by atoms with Crippen LogP contribution < -0.4 is 0 Å². The topological polar surface area (TPSA) is 54.4 Å². The van der Waals surface area contributed by atoms with Crippen molar-refractivity contribution >= 4 is 10.1 Å². The number of halogens is 1. The SMILES string of the molecule is CCC(F)c1cc(S(=O)(=O)O)ccc1C. The molecular weight excluding hydrogens is 219 g/mol. The summed E-state index contributed by atoms with van der Waals surface area (Å²) >= 11 is 0. The summed E-state index contributed by atoms with van der Waals surface area (Å²) in [6.45, 7) is 3.37. The van der Waals surface area contributed by atoms with Gasteiger partial charge < -0.3 is 0 Å². The molecule has 0 heterocycles. The molecule has 5 heteroatoms. The van der Waals surface area contributed by atoms with E-state index in [1.54, 1.807) is 13.8 Å². The monoisotopic (exact) mass is 232 g/mol. The van der Waals surface area contributed by atoms with Crippen LogP contribution in [-0.2, 0) is 10.1 Å². The predicted octanol–water partition coefficient (Wildman–Crippen LogP) is 2.66. The van der Waals surface area contributed by atoms with Crippen LogP contribution in [0.2, 0.25) is 0 Å². The van der Waals surface area contributed by atoms with E-state index in [1.165, 1.54) is 18.2 Å². The zero-order valence-electron chi connectivity index (χ0n) is 8.57. The molecule has 1 unspecified atom stereocenters. The number of aryl methyl sites for hydroxylation is 1. The largest absolute Gasteiger partial charge is 0.294 e. The molecule has 3 nitrogen and oxygen atoms in total. The van der Waals surface area contributed by atoms with Gasteiger partial charge in [0, 0.05) is 0 Å². The molecule has 0 aliphatic heterocycles. The van der Waals surface area contributed by atoms with Crippen LogP contribution in [0.25, 0.3) is 0 Å². The lowest BCUT2D eigenvalue weighted by Gasteiger charge is -2.10. The van der Waals surface area contributed by atoms with Gasteiger partial charge in [0.1, 0.15) is 6.17 Å². The lowest BCUT2D eigenvalue weighted by molar-refractivity contribution is 0.333. The van der Waals surface area contributed by atoms with Gasteiger partial charge >= 0.3 is 0 Å². The predicted molar refractivity (Wildman–Crippen MR) is 55.1 cm³/mol. The number of hydrogen-bond donors (Lipinski definition) is 1. The van der Waals surface area contributed by atoms with Gasteiger partial charge in [0.05, 0.1) is 4.90 Å². The minimum absolute atomic E-state index is 0.265. The highest BCUT2D eigenvalue weighted by atomic mass is 32.2. The Hall–Kier alpha value is -0.940. The van der Waals surface area contributed by atoms with E-state index in [0.717, 1.165) is 0 Å². The van der Waals surface area contributed by atoms with E-state index in [-0.39, 0.29) is 11.3 Å². The quantitative estimate of drug-likeness (QED) is 0.815. The van der Waals surface area contributed by atoms with Crippen LogP contribution >= 0.6 is 0 Å². The molecule has 15 heavy (non-hydrogen) atoms. The van der Waals surface area contributed by atoms with Crippen molar-refractivity contribution in [2.75, 3.05) is 0 Å². The lowest BCUT2D eigenvalue weighted by atomic mass is 10.0. The number of alkyl halides is 1. The maximum Gasteiger partial charge on any atom is 0.294 e. The Balaban J connectivity index is 3.29. The summed E-state index contributed by atoms with van der Waals surface area (Å²) in [5.74, 6) is 0. The first-order valence-electron chi connectivity index (χ1n) is 4.58. The van der Waals surface area contributed by atoms with Gasteiger partial charge in [-0.1, -0.05) is 13.0 Å². The summed E-state index contributed by atoms with van der Waals surface area (Å²) in [4.78, 5) is -0.265. The first kappa shape index (κ1) is 12.1. The Morgan fingerprint density at radius 1 is 1.47 bits per heavy atom. The highest BCUT2D eigenvalue weighted by molar-refractivity contribution is 7.85. The van der Waals surface area contributed by atoms with Crippen molar-refractivity contribution in [1.29, 1.82) is 0 Å². The Bertz CT molecular complexity index is 454. The molecule has 0 saturated heterocycles. The molecule has 0 fully saturated rings. The molecule has 0 bridgehead atoms. The van der Waals surface area contributed by atoms with Crippen LogP contribution in [0.4, 0.5) is 4.39 Å². The first-order valence-corrected chi connectivity index (χ1v) is 6.02. The molecule has 84 valence electrons. The minimum Gasteiger partial charge on any atom is -0.282 e. The van der Waals surface area contributed by atoms with Crippen molar-refractivity contribution in [2.24, 2.45) is 0 Å². The Morgan fingerprint density at radius 2 is 2.07 bits per heavy atom. The maximum absolute atomic E-state index is 13.4. The average Bonchev–Trinajstić information content (AvgIpc) is 2.15. The first-order chi connectivity index (χ1) is 6.86. The van der Waals surface area contributed by atoms with Gasteiger partial charge in [0.15, 0.2) is 0 Å². The lowest BCUT2D eigenvalue weighted by Crippen LogP contribution is -2.01. The summed E-state index contributed by atoms with van der Waals surface area (Å²) < 4.78 is 43.9. The smallest absolute Gasteiger partial charge is 0.282 e. The molecule has 0 aliphatic rings. The van der Waals surface area contributed by atoms with Crippen molar-refractivity contribution in [2.45, 2.75) is 31.3 Å². The van der Waals surface area contributed by atoms with Crippen molar-refractivity contribution in [3.8, 4) is 0 Å². The minimum atomic E-state index is -4.25. The summed E-state index contributed by atoms with van der Waals surface area (Å²) in [6, 6.07) is 3.93. The van der Waals surface area contributed by atoms with Crippen LogP contribution in [0.3, 0.4) is 0 Å². The molecule has 1 aromatic rings. The van der Waals surface area contributed by atoms with Crippen LogP contribution in [0.1, 0.15) is 30.6 Å². The van der Waals surface area contributed by atoms with Gasteiger partial charge in [-0.3, -0.25) is 4.55 Å². The number of hydrogen-bond acceptors (Lipinski definition) is 2. The fourth-order valence-electron chi connectivity index (χ4n) is 1.34. The van der Waals surface area contributed by atoms with Gasteiger partial charge in [-0.25, -0.2) is 4.39 Å². The average molecular weight is 232 g/mol. The van der Waals surface area contributed by atoms with Crippen LogP contribution in [0.5, 0.6) is 0 Å². The van der Waals surface area contributed by atoms with Crippen LogP contribution in [0, 0.1) is 6.92 Å². The highest BCUT2D eigenvalue weighted by Crippen LogP contribution is 2.26. The summed E-state index contributed by atoms with van der Waals surface area (Å²) in [7, 11) is -4.25. The zero-order chi connectivity index (χ0) is 11.6. The van der Waals surface area contributed by atoms with Crippen LogP contribution in [0.15, 0.2) is 23.1 Å². The molecule has 0 radical (unpaired) electrons. The molecule has 0 aromatic heterocycles. The van der Waals surface area contributed by atoms with Gasteiger partial charge in [0.25, 0.3) is 10.1 Å². The van der Waals surface area contributed by atoms with E-state index in [2.05, 4.69) is 0 Å². The zero-order valence-corrected chi connectivity index (χ0v) is 9.38. The van der Waals surface area contributed by atoms with Crippen LogP contribution in [-0.4, -0.2) is 13.0 Å². The summed E-state index contributed by atoms with van der Waals surface area (Å²) in [5, 5.41) is 0. The van der Waals surface area contributed by atoms with Crippen molar-refractivity contribution in [3.05, 3.63) is 29.3 Å². The van der Waals surface area contributed by atoms with E-state index in [1.807, 2.05) is 0 Å².